The molecule has 178 valence electrons. The molecular weight excluding hydrogens is 456 g/mol. The molecule has 2 N–H and O–H groups in total. The molecule has 34 heavy (non-hydrogen) atoms. The van der Waals surface area contributed by atoms with Crippen molar-refractivity contribution in [3.63, 3.8) is 0 Å². The predicted molar refractivity (Wildman–Crippen MR) is 130 cm³/mol. The maximum absolute atomic E-state index is 12.6. The van der Waals surface area contributed by atoms with Crippen LogP contribution in [0, 0.1) is 24.0 Å². The fourth-order valence-corrected chi connectivity index (χ4v) is 4.18. The van der Waals surface area contributed by atoms with Crippen LogP contribution in [0.15, 0.2) is 47.6 Å². The summed E-state index contributed by atoms with van der Waals surface area (Å²) in [6.45, 7) is 7.88. The van der Waals surface area contributed by atoms with E-state index in [1.165, 1.54) is 17.8 Å². The third-order valence-corrected chi connectivity index (χ3v) is 6.07. The van der Waals surface area contributed by atoms with Crippen LogP contribution in [0.3, 0.4) is 0 Å². The Morgan fingerprint density at radius 2 is 1.94 bits per heavy atom. The third-order valence-electron chi connectivity index (χ3n) is 5.10. The summed E-state index contributed by atoms with van der Waals surface area (Å²) in [7, 11) is 0. The fourth-order valence-electron chi connectivity index (χ4n) is 3.37. The van der Waals surface area contributed by atoms with Crippen molar-refractivity contribution in [1.82, 2.24) is 20.1 Å². The molecule has 3 rings (SSSR count). The van der Waals surface area contributed by atoms with E-state index in [1.54, 1.807) is 25.1 Å². The second kappa shape index (κ2) is 10.9. The SMILES string of the molecule is CCn1c(SCC(=O)Nc2ccc(C)c([N+](=O)[O-])c2)nnc1[C@@H](C)NC(=O)c1cccc(C)c1. The minimum Gasteiger partial charge on any atom is -0.342 e. The Labute approximate surface area is 201 Å². The number of hydrogen-bond acceptors (Lipinski definition) is 7. The van der Waals surface area contributed by atoms with Gasteiger partial charge in [0.1, 0.15) is 0 Å². The van der Waals surface area contributed by atoms with Gasteiger partial charge in [-0.3, -0.25) is 19.7 Å². The lowest BCUT2D eigenvalue weighted by molar-refractivity contribution is -0.385. The number of nitro benzene ring substituents is 1. The van der Waals surface area contributed by atoms with Gasteiger partial charge in [-0.2, -0.15) is 0 Å². The van der Waals surface area contributed by atoms with Crippen molar-refractivity contribution in [1.29, 1.82) is 0 Å². The summed E-state index contributed by atoms with van der Waals surface area (Å²) in [6, 6.07) is 11.5. The van der Waals surface area contributed by atoms with E-state index in [2.05, 4.69) is 20.8 Å². The minimum absolute atomic E-state index is 0.0455. The lowest BCUT2D eigenvalue weighted by Crippen LogP contribution is -2.28. The molecule has 0 saturated heterocycles. The van der Waals surface area contributed by atoms with Gasteiger partial charge in [-0.15, -0.1) is 10.2 Å². The number of aromatic nitrogens is 3. The van der Waals surface area contributed by atoms with Crippen molar-refractivity contribution < 1.29 is 14.5 Å². The highest BCUT2D eigenvalue weighted by atomic mass is 32.2. The molecule has 2 aromatic carbocycles. The number of rotatable bonds is 9. The average Bonchev–Trinajstić information content (AvgIpc) is 3.22. The lowest BCUT2D eigenvalue weighted by atomic mass is 10.1. The van der Waals surface area contributed by atoms with Crippen LogP contribution >= 0.6 is 11.8 Å². The van der Waals surface area contributed by atoms with Crippen molar-refractivity contribution in [2.45, 2.75) is 45.4 Å². The van der Waals surface area contributed by atoms with Crippen LogP contribution in [0.25, 0.3) is 0 Å². The molecule has 11 heteroatoms. The molecule has 0 saturated carbocycles. The second-order valence-electron chi connectivity index (χ2n) is 7.74. The Morgan fingerprint density at radius 1 is 1.18 bits per heavy atom. The fraction of sp³-hybridized carbons (Fsp3) is 0.304. The first-order valence-corrected chi connectivity index (χ1v) is 11.7. The Hall–Kier alpha value is -3.73. The third kappa shape index (κ3) is 5.98. The number of aryl methyl sites for hydroxylation is 2. The van der Waals surface area contributed by atoms with Crippen molar-refractivity contribution in [3.05, 3.63) is 75.1 Å². The maximum Gasteiger partial charge on any atom is 0.274 e. The van der Waals surface area contributed by atoms with E-state index in [4.69, 9.17) is 0 Å². The zero-order valence-electron chi connectivity index (χ0n) is 19.4. The number of thioether (sulfide) groups is 1. The number of benzene rings is 2. The molecule has 3 aromatic rings. The summed E-state index contributed by atoms with van der Waals surface area (Å²) >= 11 is 1.20. The smallest absolute Gasteiger partial charge is 0.274 e. The Balaban J connectivity index is 1.63. The molecule has 0 unspecified atom stereocenters. The molecule has 0 radical (unpaired) electrons. The van der Waals surface area contributed by atoms with Crippen molar-refractivity contribution >= 4 is 35.0 Å². The monoisotopic (exact) mass is 482 g/mol. The Morgan fingerprint density at radius 3 is 2.62 bits per heavy atom. The van der Waals surface area contributed by atoms with Gasteiger partial charge >= 0.3 is 0 Å². The number of nitrogens with one attached hydrogen (secondary N) is 2. The summed E-state index contributed by atoms with van der Waals surface area (Å²) in [6.07, 6.45) is 0. The molecule has 1 aromatic heterocycles. The molecule has 10 nitrogen and oxygen atoms in total. The minimum atomic E-state index is -0.482. The molecule has 1 atom stereocenters. The van der Waals surface area contributed by atoms with Gasteiger partial charge in [-0.1, -0.05) is 35.5 Å². The van der Waals surface area contributed by atoms with Gasteiger partial charge in [0.25, 0.3) is 11.6 Å². The zero-order valence-corrected chi connectivity index (χ0v) is 20.2. The van der Waals surface area contributed by atoms with E-state index in [-0.39, 0.29) is 23.3 Å². The number of hydrogen-bond donors (Lipinski definition) is 2. The van der Waals surface area contributed by atoms with Crippen LogP contribution < -0.4 is 10.6 Å². The number of nitro groups is 1. The first kappa shape index (κ1) is 24.9. The van der Waals surface area contributed by atoms with Crippen molar-refractivity contribution in [3.8, 4) is 0 Å². The summed E-state index contributed by atoms with van der Waals surface area (Å²) in [4.78, 5) is 35.6. The molecule has 0 fully saturated rings. The molecule has 0 bridgehead atoms. The van der Waals surface area contributed by atoms with Gasteiger partial charge in [0.05, 0.1) is 16.7 Å². The molecule has 2 amide bonds. The number of nitrogens with zero attached hydrogens (tertiary/aromatic N) is 4. The van der Waals surface area contributed by atoms with E-state index < -0.39 is 11.0 Å². The summed E-state index contributed by atoms with van der Waals surface area (Å²) in [5.74, 6) is 0.100. The average molecular weight is 483 g/mol. The van der Waals surface area contributed by atoms with E-state index in [0.29, 0.717) is 34.3 Å². The molecule has 0 aliphatic carbocycles. The van der Waals surface area contributed by atoms with E-state index in [0.717, 1.165) is 5.56 Å². The maximum atomic E-state index is 12.6. The number of amides is 2. The highest BCUT2D eigenvalue weighted by Gasteiger charge is 2.20. The predicted octanol–water partition coefficient (Wildman–Crippen LogP) is 4.04. The van der Waals surface area contributed by atoms with Gasteiger partial charge < -0.3 is 15.2 Å². The topological polar surface area (TPSA) is 132 Å². The van der Waals surface area contributed by atoms with Gasteiger partial charge in [-0.05, 0) is 45.9 Å². The Bertz CT molecular complexity index is 1230. The Kier molecular flexibility index (Phi) is 8.00. The van der Waals surface area contributed by atoms with Gasteiger partial charge in [0, 0.05) is 29.4 Å². The van der Waals surface area contributed by atoms with Crippen LogP contribution in [0.5, 0.6) is 0 Å². The van der Waals surface area contributed by atoms with Crippen molar-refractivity contribution in [2.75, 3.05) is 11.1 Å². The van der Waals surface area contributed by atoms with Crippen LogP contribution in [0.2, 0.25) is 0 Å². The normalized spacial score (nSPS) is 11.6. The van der Waals surface area contributed by atoms with E-state index in [1.807, 2.05) is 43.5 Å². The summed E-state index contributed by atoms with van der Waals surface area (Å²) < 4.78 is 1.84. The quantitative estimate of drug-likeness (QED) is 0.267. The number of carbonyl (C=O) groups is 2. The highest BCUT2D eigenvalue weighted by Crippen LogP contribution is 2.24. The summed E-state index contributed by atoms with van der Waals surface area (Å²) in [5.41, 5.74) is 2.38. The van der Waals surface area contributed by atoms with E-state index >= 15 is 0 Å². The second-order valence-corrected chi connectivity index (χ2v) is 8.69. The van der Waals surface area contributed by atoms with Crippen LogP contribution in [-0.2, 0) is 11.3 Å². The molecular formula is C23H26N6O4S. The van der Waals surface area contributed by atoms with Crippen LogP contribution in [0.1, 0.15) is 47.2 Å². The zero-order chi connectivity index (χ0) is 24.8. The number of anilines is 1. The number of carbonyl (C=O) groups excluding carboxylic acids is 2. The van der Waals surface area contributed by atoms with Crippen LogP contribution in [0.4, 0.5) is 11.4 Å². The molecule has 0 aliphatic heterocycles. The molecule has 0 spiro atoms. The first-order chi connectivity index (χ1) is 16.2. The van der Waals surface area contributed by atoms with Gasteiger partial charge in [0.2, 0.25) is 5.91 Å². The largest absolute Gasteiger partial charge is 0.342 e. The first-order valence-electron chi connectivity index (χ1n) is 10.7. The molecule has 1 heterocycles. The lowest BCUT2D eigenvalue weighted by Gasteiger charge is -2.15. The van der Waals surface area contributed by atoms with E-state index in [9.17, 15) is 19.7 Å². The summed E-state index contributed by atoms with van der Waals surface area (Å²) in [5, 5.41) is 25.7. The highest BCUT2D eigenvalue weighted by molar-refractivity contribution is 7.99. The standard InChI is InChI=1S/C23H26N6O4S/c1-5-28-21(16(4)24-22(31)17-8-6-7-14(2)11-17)26-27-23(28)34-13-20(30)25-18-10-9-15(3)19(12-18)29(32)33/h6-12,16H,5,13H2,1-4H3,(H,24,31)(H,25,30)/t16-/m1/s1. The van der Waals surface area contributed by atoms with Gasteiger partial charge in [-0.25, -0.2) is 0 Å². The van der Waals surface area contributed by atoms with Gasteiger partial charge in [0.15, 0.2) is 11.0 Å². The van der Waals surface area contributed by atoms with Crippen LogP contribution in [-0.4, -0.2) is 37.3 Å². The van der Waals surface area contributed by atoms with Crippen molar-refractivity contribution in [2.24, 2.45) is 0 Å². The molecule has 0 aliphatic rings.